The van der Waals surface area contributed by atoms with Gasteiger partial charge < -0.3 is 19.7 Å². The van der Waals surface area contributed by atoms with E-state index in [9.17, 15) is 0 Å². The molecule has 0 unspecified atom stereocenters. The summed E-state index contributed by atoms with van der Waals surface area (Å²) in [7, 11) is 0. The highest BCUT2D eigenvalue weighted by atomic mass is 16.6. The number of rotatable bonds is 1. The summed E-state index contributed by atoms with van der Waals surface area (Å²) in [6.45, 7) is 1.34. The molecule has 4 heteroatoms. The molecule has 0 spiro atoms. The maximum absolute atomic E-state index is 9.15. The quantitative estimate of drug-likeness (QED) is 0.756. The summed E-state index contributed by atoms with van der Waals surface area (Å²) in [5.74, 6) is 0. The minimum absolute atomic E-state index is 0.0231. The summed E-state index contributed by atoms with van der Waals surface area (Å²) in [6, 6.07) is 9.52. The van der Waals surface area contributed by atoms with E-state index in [2.05, 4.69) is 0 Å². The fourth-order valence-corrected chi connectivity index (χ4v) is 2.03. The molecule has 2 aliphatic heterocycles. The fraction of sp³-hybridized carbons (Fsp3) is 0.538. The number of aliphatic hydroxyl groups excluding tert-OH is 2. The van der Waals surface area contributed by atoms with Crippen molar-refractivity contribution in [2.24, 2.45) is 0 Å². The molecule has 0 saturated carbocycles. The zero-order valence-electron chi connectivity index (χ0n) is 9.66. The molecule has 0 bridgehead atoms. The van der Waals surface area contributed by atoms with Gasteiger partial charge in [-0.3, -0.25) is 0 Å². The van der Waals surface area contributed by atoms with E-state index in [1.165, 1.54) is 0 Å². The maximum atomic E-state index is 9.15. The van der Waals surface area contributed by atoms with Crippen LogP contribution in [0.4, 0.5) is 0 Å². The fourth-order valence-electron chi connectivity index (χ4n) is 2.03. The normalized spacial score (nSPS) is 30.6. The molecule has 0 aliphatic carbocycles. The van der Waals surface area contributed by atoms with E-state index in [-0.39, 0.29) is 24.9 Å². The van der Waals surface area contributed by atoms with Gasteiger partial charge in [-0.25, -0.2) is 0 Å². The number of benzene rings is 1. The zero-order chi connectivity index (χ0) is 12.1. The lowest BCUT2D eigenvalue weighted by Crippen LogP contribution is -2.26. The van der Waals surface area contributed by atoms with E-state index in [4.69, 9.17) is 19.7 Å². The van der Waals surface area contributed by atoms with Crippen LogP contribution in [0.1, 0.15) is 12.0 Å². The van der Waals surface area contributed by atoms with Gasteiger partial charge in [0.2, 0.25) is 0 Å². The van der Waals surface area contributed by atoms with E-state index >= 15 is 0 Å². The molecule has 94 valence electrons. The molecule has 3 atom stereocenters. The van der Waals surface area contributed by atoms with E-state index in [0.717, 1.165) is 18.6 Å². The van der Waals surface area contributed by atoms with Gasteiger partial charge in [0, 0.05) is 6.61 Å². The Labute approximate surface area is 101 Å². The minimum Gasteiger partial charge on any atom is -0.392 e. The standard InChI is InChI=1S/C7H8O.C6H10O3/c8-6-7-4-2-1-3-5-7;7-4-3-9-5-1-2-8-6(4)5/h1-5,8H,6H2;4-7H,1-3H2/t;4-,5-,6-/m.1/s1. The van der Waals surface area contributed by atoms with Gasteiger partial charge in [-0.15, -0.1) is 0 Å². The van der Waals surface area contributed by atoms with E-state index < -0.39 is 0 Å². The molecule has 0 aromatic heterocycles. The topological polar surface area (TPSA) is 58.9 Å². The molecule has 4 nitrogen and oxygen atoms in total. The van der Waals surface area contributed by atoms with Crippen molar-refractivity contribution in [1.29, 1.82) is 0 Å². The Morgan fingerprint density at radius 1 is 1.18 bits per heavy atom. The van der Waals surface area contributed by atoms with E-state index in [1.54, 1.807) is 0 Å². The monoisotopic (exact) mass is 238 g/mol. The van der Waals surface area contributed by atoms with Crippen molar-refractivity contribution in [2.45, 2.75) is 31.3 Å². The van der Waals surface area contributed by atoms with Crippen LogP contribution in [0.5, 0.6) is 0 Å². The van der Waals surface area contributed by atoms with Gasteiger partial charge in [-0.1, -0.05) is 30.3 Å². The van der Waals surface area contributed by atoms with Crippen molar-refractivity contribution in [1.82, 2.24) is 0 Å². The lowest BCUT2D eigenvalue weighted by Gasteiger charge is -2.08. The third kappa shape index (κ3) is 3.26. The number of hydrogen-bond donors (Lipinski definition) is 2. The van der Waals surface area contributed by atoms with Crippen molar-refractivity contribution in [2.75, 3.05) is 13.2 Å². The van der Waals surface area contributed by atoms with Gasteiger partial charge in [0.05, 0.1) is 19.3 Å². The molecular formula is C13H18O4. The third-order valence-electron chi connectivity index (χ3n) is 2.96. The largest absolute Gasteiger partial charge is 0.392 e. The highest BCUT2D eigenvalue weighted by Crippen LogP contribution is 2.25. The van der Waals surface area contributed by atoms with Crippen molar-refractivity contribution < 1.29 is 19.7 Å². The van der Waals surface area contributed by atoms with Crippen molar-refractivity contribution in [3.8, 4) is 0 Å². The first-order valence-electron chi connectivity index (χ1n) is 5.87. The van der Waals surface area contributed by atoms with Crippen molar-refractivity contribution in [3.63, 3.8) is 0 Å². The molecule has 1 aromatic rings. The van der Waals surface area contributed by atoms with Crippen LogP contribution in [0, 0.1) is 0 Å². The summed E-state index contributed by atoms with van der Waals surface area (Å²) in [6.07, 6.45) is 0.726. The van der Waals surface area contributed by atoms with Crippen LogP contribution >= 0.6 is 0 Å². The lowest BCUT2D eigenvalue weighted by molar-refractivity contribution is 0.0187. The summed E-state index contributed by atoms with van der Waals surface area (Å²) in [5.41, 5.74) is 0.965. The average Bonchev–Trinajstić information content (AvgIpc) is 2.97. The van der Waals surface area contributed by atoms with Crippen LogP contribution in [0.3, 0.4) is 0 Å². The number of ether oxygens (including phenoxy) is 2. The molecule has 3 rings (SSSR count). The first-order chi connectivity index (χ1) is 8.31. The first kappa shape index (κ1) is 12.5. The second kappa shape index (κ2) is 6.12. The van der Waals surface area contributed by atoms with Gasteiger partial charge in [0.25, 0.3) is 0 Å². The zero-order valence-corrected chi connectivity index (χ0v) is 9.66. The second-order valence-electron chi connectivity index (χ2n) is 4.21. The molecule has 17 heavy (non-hydrogen) atoms. The number of fused-ring (bicyclic) bond motifs is 1. The average molecular weight is 238 g/mol. The molecule has 1 aromatic carbocycles. The molecule has 2 aliphatic rings. The highest BCUT2D eigenvalue weighted by molar-refractivity contribution is 5.12. The summed E-state index contributed by atoms with van der Waals surface area (Å²) in [4.78, 5) is 0. The summed E-state index contributed by atoms with van der Waals surface area (Å²) < 4.78 is 10.4. The van der Waals surface area contributed by atoms with Gasteiger partial charge in [-0.2, -0.15) is 0 Å². The molecular weight excluding hydrogens is 220 g/mol. The van der Waals surface area contributed by atoms with Gasteiger partial charge >= 0.3 is 0 Å². The predicted octanol–water partition coefficient (Wildman–Crippen LogP) is 0.714. The van der Waals surface area contributed by atoms with Crippen LogP contribution in [-0.4, -0.2) is 41.7 Å². The Hall–Kier alpha value is -0.940. The van der Waals surface area contributed by atoms with E-state index in [1.807, 2.05) is 30.3 Å². The van der Waals surface area contributed by atoms with Crippen LogP contribution < -0.4 is 0 Å². The minimum atomic E-state index is -0.377. The Morgan fingerprint density at radius 2 is 1.94 bits per heavy atom. The summed E-state index contributed by atoms with van der Waals surface area (Å²) in [5, 5.41) is 17.7. The molecule has 0 amide bonds. The molecule has 0 radical (unpaired) electrons. The lowest BCUT2D eigenvalue weighted by atomic mass is 10.1. The van der Waals surface area contributed by atoms with Crippen LogP contribution in [0.15, 0.2) is 30.3 Å². The molecule has 2 heterocycles. The smallest absolute Gasteiger partial charge is 0.112 e. The van der Waals surface area contributed by atoms with Gasteiger partial charge in [-0.05, 0) is 12.0 Å². The van der Waals surface area contributed by atoms with Crippen LogP contribution in [0.2, 0.25) is 0 Å². The molecule has 2 fully saturated rings. The molecule has 2 N–H and O–H groups in total. The van der Waals surface area contributed by atoms with Crippen molar-refractivity contribution in [3.05, 3.63) is 35.9 Å². The second-order valence-corrected chi connectivity index (χ2v) is 4.21. The number of hydrogen-bond acceptors (Lipinski definition) is 4. The predicted molar refractivity (Wildman–Crippen MR) is 62.5 cm³/mol. The number of aliphatic hydroxyl groups is 2. The summed E-state index contributed by atoms with van der Waals surface area (Å²) >= 11 is 0. The Morgan fingerprint density at radius 3 is 2.53 bits per heavy atom. The van der Waals surface area contributed by atoms with Gasteiger partial charge in [0.1, 0.15) is 12.2 Å². The van der Waals surface area contributed by atoms with Crippen molar-refractivity contribution >= 4 is 0 Å². The Kier molecular flexibility index (Phi) is 4.50. The van der Waals surface area contributed by atoms with E-state index in [0.29, 0.717) is 6.61 Å². The van der Waals surface area contributed by atoms with Crippen LogP contribution in [0.25, 0.3) is 0 Å². The highest BCUT2D eigenvalue weighted by Gasteiger charge is 2.40. The Bertz CT molecular complexity index is 327. The maximum Gasteiger partial charge on any atom is 0.112 e. The van der Waals surface area contributed by atoms with Crippen LogP contribution in [-0.2, 0) is 16.1 Å². The first-order valence-corrected chi connectivity index (χ1v) is 5.87. The SMILES string of the molecule is OCc1ccccc1.O[C@@H]1CO[C@@H]2CCO[C@H]12. The Balaban J connectivity index is 0.000000128. The third-order valence-corrected chi connectivity index (χ3v) is 2.96. The molecule has 2 saturated heterocycles. The van der Waals surface area contributed by atoms with Gasteiger partial charge in [0.15, 0.2) is 0 Å².